The van der Waals surface area contributed by atoms with Crippen LogP contribution in [0.25, 0.3) is 0 Å². The molecule has 0 aliphatic rings. The van der Waals surface area contributed by atoms with Crippen LogP contribution in [-0.2, 0) is 13.2 Å². The van der Waals surface area contributed by atoms with Gasteiger partial charge in [0.05, 0.1) is 24.6 Å². The standard InChI is InChI=1S/C13H16N2O2/c1-9(10-5-3-2-4-6-10)13-14-11(7-16)12(8-17)15-13/h2-6,9,16-17H,7-8H2,1H3,(H,14,15). The molecule has 90 valence electrons. The molecule has 0 aliphatic heterocycles. The number of nitrogens with one attached hydrogen (secondary N) is 1. The van der Waals surface area contributed by atoms with E-state index in [1.165, 1.54) is 0 Å². The lowest BCUT2D eigenvalue weighted by molar-refractivity contribution is 0.255. The molecule has 1 atom stereocenters. The maximum absolute atomic E-state index is 9.13. The summed E-state index contributed by atoms with van der Waals surface area (Å²) in [5, 5.41) is 18.3. The van der Waals surface area contributed by atoms with Crippen molar-refractivity contribution < 1.29 is 10.2 Å². The van der Waals surface area contributed by atoms with Crippen molar-refractivity contribution in [1.82, 2.24) is 9.97 Å². The van der Waals surface area contributed by atoms with Crippen molar-refractivity contribution in [3.8, 4) is 0 Å². The first-order chi connectivity index (χ1) is 8.26. The van der Waals surface area contributed by atoms with Gasteiger partial charge in [-0.25, -0.2) is 4.98 Å². The van der Waals surface area contributed by atoms with Crippen molar-refractivity contribution in [3.05, 3.63) is 53.1 Å². The molecule has 2 rings (SSSR count). The number of aliphatic hydroxyl groups excluding tert-OH is 2. The van der Waals surface area contributed by atoms with E-state index in [9.17, 15) is 0 Å². The molecular weight excluding hydrogens is 216 g/mol. The van der Waals surface area contributed by atoms with Gasteiger partial charge in [-0.3, -0.25) is 0 Å². The molecule has 3 N–H and O–H groups in total. The van der Waals surface area contributed by atoms with Gasteiger partial charge in [0.2, 0.25) is 0 Å². The lowest BCUT2D eigenvalue weighted by Crippen LogP contribution is -1.98. The minimum Gasteiger partial charge on any atom is -0.390 e. The maximum atomic E-state index is 9.13. The first-order valence-corrected chi connectivity index (χ1v) is 5.60. The van der Waals surface area contributed by atoms with Crippen LogP contribution >= 0.6 is 0 Å². The number of hydrogen-bond acceptors (Lipinski definition) is 3. The van der Waals surface area contributed by atoms with E-state index in [4.69, 9.17) is 10.2 Å². The van der Waals surface area contributed by atoms with Crippen molar-refractivity contribution in [1.29, 1.82) is 0 Å². The van der Waals surface area contributed by atoms with Gasteiger partial charge in [0.15, 0.2) is 0 Å². The quantitative estimate of drug-likeness (QED) is 0.749. The highest BCUT2D eigenvalue weighted by molar-refractivity contribution is 5.26. The van der Waals surface area contributed by atoms with Crippen molar-refractivity contribution >= 4 is 0 Å². The molecule has 0 fully saturated rings. The highest BCUT2D eigenvalue weighted by atomic mass is 16.3. The fourth-order valence-electron chi connectivity index (χ4n) is 1.83. The topological polar surface area (TPSA) is 69.1 Å². The second-order valence-electron chi connectivity index (χ2n) is 4.00. The second-order valence-corrected chi connectivity index (χ2v) is 4.00. The molecule has 1 heterocycles. The van der Waals surface area contributed by atoms with Crippen molar-refractivity contribution in [2.75, 3.05) is 0 Å². The number of nitrogens with zero attached hydrogens (tertiary/aromatic N) is 1. The molecule has 2 aromatic rings. The Hall–Kier alpha value is -1.65. The third-order valence-corrected chi connectivity index (χ3v) is 2.90. The SMILES string of the molecule is CC(c1ccccc1)c1nc(CO)c(CO)[nH]1. The van der Waals surface area contributed by atoms with Crippen molar-refractivity contribution in [2.45, 2.75) is 26.1 Å². The van der Waals surface area contributed by atoms with Crippen molar-refractivity contribution in [2.24, 2.45) is 0 Å². The lowest BCUT2D eigenvalue weighted by atomic mass is 10.0. The second kappa shape index (κ2) is 5.12. The maximum Gasteiger partial charge on any atom is 0.114 e. The number of aromatic amines is 1. The minimum absolute atomic E-state index is 0.113. The zero-order valence-corrected chi connectivity index (χ0v) is 9.72. The Morgan fingerprint density at radius 3 is 2.41 bits per heavy atom. The minimum atomic E-state index is -0.159. The predicted octanol–water partition coefficient (Wildman–Crippen LogP) is 1.55. The summed E-state index contributed by atoms with van der Waals surface area (Å²) in [5.41, 5.74) is 2.26. The normalized spacial score (nSPS) is 12.6. The zero-order chi connectivity index (χ0) is 12.3. The van der Waals surface area contributed by atoms with Crippen LogP contribution in [0.4, 0.5) is 0 Å². The van der Waals surface area contributed by atoms with Gasteiger partial charge in [-0.15, -0.1) is 0 Å². The van der Waals surface area contributed by atoms with Gasteiger partial charge in [-0.2, -0.15) is 0 Å². The molecule has 0 saturated carbocycles. The van der Waals surface area contributed by atoms with Crippen LogP contribution in [-0.4, -0.2) is 20.2 Å². The molecule has 0 aliphatic carbocycles. The number of H-pyrrole nitrogens is 1. The van der Waals surface area contributed by atoms with E-state index in [0.29, 0.717) is 11.4 Å². The van der Waals surface area contributed by atoms with Crippen LogP contribution in [0.1, 0.15) is 35.6 Å². The highest BCUT2D eigenvalue weighted by Crippen LogP contribution is 2.22. The van der Waals surface area contributed by atoms with Crippen LogP contribution in [0.15, 0.2) is 30.3 Å². The average Bonchev–Trinajstić information content (AvgIpc) is 2.82. The third-order valence-electron chi connectivity index (χ3n) is 2.90. The van der Waals surface area contributed by atoms with E-state index in [1.807, 2.05) is 37.3 Å². The number of hydrogen-bond donors (Lipinski definition) is 3. The molecule has 0 radical (unpaired) electrons. The molecular formula is C13H16N2O2. The summed E-state index contributed by atoms with van der Waals surface area (Å²) in [6.45, 7) is 1.74. The van der Waals surface area contributed by atoms with E-state index < -0.39 is 0 Å². The summed E-state index contributed by atoms with van der Waals surface area (Å²) < 4.78 is 0. The fourth-order valence-corrected chi connectivity index (χ4v) is 1.83. The van der Waals surface area contributed by atoms with Crippen molar-refractivity contribution in [3.63, 3.8) is 0 Å². The van der Waals surface area contributed by atoms with Crippen LogP contribution in [0.5, 0.6) is 0 Å². The number of benzene rings is 1. The molecule has 1 unspecified atom stereocenters. The van der Waals surface area contributed by atoms with Crippen LogP contribution < -0.4 is 0 Å². The summed E-state index contributed by atoms with van der Waals surface area (Å²) in [5.74, 6) is 0.881. The molecule has 0 spiro atoms. The number of aliphatic hydroxyl groups is 2. The fraction of sp³-hybridized carbons (Fsp3) is 0.308. The highest BCUT2D eigenvalue weighted by Gasteiger charge is 2.15. The van der Waals surface area contributed by atoms with Gasteiger partial charge in [0.1, 0.15) is 5.82 Å². The Morgan fingerprint density at radius 2 is 1.88 bits per heavy atom. The summed E-state index contributed by atoms with van der Waals surface area (Å²) in [7, 11) is 0. The van der Waals surface area contributed by atoms with E-state index in [2.05, 4.69) is 9.97 Å². The molecule has 17 heavy (non-hydrogen) atoms. The molecule has 0 bridgehead atoms. The van der Waals surface area contributed by atoms with Crippen LogP contribution in [0.2, 0.25) is 0 Å². The number of imidazole rings is 1. The summed E-state index contributed by atoms with van der Waals surface area (Å²) in [4.78, 5) is 7.37. The summed E-state index contributed by atoms with van der Waals surface area (Å²) in [6.07, 6.45) is 0. The molecule has 0 saturated heterocycles. The van der Waals surface area contributed by atoms with Gasteiger partial charge >= 0.3 is 0 Å². The largest absolute Gasteiger partial charge is 0.390 e. The third kappa shape index (κ3) is 2.38. The van der Waals surface area contributed by atoms with E-state index in [1.54, 1.807) is 0 Å². The van der Waals surface area contributed by atoms with Gasteiger partial charge in [-0.05, 0) is 5.56 Å². The molecule has 4 nitrogen and oxygen atoms in total. The van der Waals surface area contributed by atoms with E-state index in [-0.39, 0.29) is 19.1 Å². The Balaban J connectivity index is 2.31. The Labute approximate surface area is 100.0 Å². The number of aromatic nitrogens is 2. The van der Waals surface area contributed by atoms with E-state index >= 15 is 0 Å². The summed E-state index contributed by atoms with van der Waals surface area (Å²) in [6, 6.07) is 9.99. The predicted molar refractivity (Wildman–Crippen MR) is 64.4 cm³/mol. The van der Waals surface area contributed by atoms with Gasteiger partial charge in [-0.1, -0.05) is 37.3 Å². The zero-order valence-electron chi connectivity index (χ0n) is 9.72. The van der Waals surface area contributed by atoms with Gasteiger partial charge in [0, 0.05) is 5.92 Å². The average molecular weight is 232 g/mol. The van der Waals surface area contributed by atoms with Crippen LogP contribution in [0.3, 0.4) is 0 Å². The first kappa shape index (κ1) is 11.8. The van der Waals surface area contributed by atoms with E-state index in [0.717, 1.165) is 11.4 Å². The number of rotatable bonds is 4. The molecule has 0 amide bonds. The monoisotopic (exact) mass is 232 g/mol. The van der Waals surface area contributed by atoms with Gasteiger partial charge < -0.3 is 15.2 Å². The summed E-state index contributed by atoms with van der Waals surface area (Å²) >= 11 is 0. The molecule has 1 aromatic carbocycles. The Bertz CT molecular complexity index is 458. The van der Waals surface area contributed by atoms with Crippen LogP contribution in [0, 0.1) is 0 Å². The first-order valence-electron chi connectivity index (χ1n) is 5.60. The Morgan fingerprint density at radius 1 is 1.18 bits per heavy atom. The smallest absolute Gasteiger partial charge is 0.114 e. The molecule has 4 heteroatoms. The van der Waals surface area contributed by atoms with Gasteiger partial charge in [0.25, 0.3) is 0 Å². The Kier molecular flexibility index (Phi) is 3.56. The molecule has 1 aromatic heterocycles. The lowest BCUT2D eigenvalue weighted by Gasteiger charge is -2.08.